The van der Waals surface area contributed by atoms with E-state index in [9.17, 15) is 19.5 Å². The van der Waals surface area contributed by atoms with E-state index in [0.717, 1.165) is 0 Å². The van der Waals surface area contributed by atoms with E-state index in [0.29, 0.717) is 5.56 Å². The summed E-state index contributed by atoms with van der Waals surface area (Å²) in [6.07, 6.45) is 0. The van der Waals surface area contributed by atoms with Crippen molar-refractivity contribution in [3.8, 4) is 5.75 Å². The molecule has 3 N–H and O–H groups in total. The lowest BCUT2D eigenvalue weighted by molar-refractivity contribution is 0.362. The highest BCUT2D eigenvalue weighted by Gasteiger charge is 2.33. The van der Waals surface area contributed by atoms with Gasteiger partial charge >= 0.3 is 7.60 Å². The maximum atomic E-state index is 11.7. The van der Waals surface area contributed by atoms with Crippen LogP contribution < -0.4 is 0 Å². The van der Waals surface area contributed by atoms with Gasteiger partial charge in [-0.25, -0.2) is 0 Å². The Morgan fingerprint density at radius 3 is 2.00 bits per heavy atom. The van der Waals surface area contributed by atoms with Gasteiger partial charge in [0.15, 0.2) is 0 Å². The zero-order chi connectivity index (χ0) is 13.2. The van der Waals surface area contributed by atoms with E-state index in [1.165, 1.54) is 12.1 Å². The van der Waals surface area contributed by atoms with Gasteiger partial charge < -0.3 is 14.9 Å². The Morgan fingerprint density at radius 2 is 1.44 bits per heavy atom. The highest BCUT2D eigenvalue weighted by atomic mass is 31.2. The summed E-state index contributed by atoms with van der Waals surface area (Å²) in [5, 5.41) is 9.76. The molecule has 0 spiro atoms. The topological polar surface area (TPSA) is 77.8 Å². The number of rotatable bonds is 3. The zero-order valence-electron chi connectivity index (χ0n) is 9.47. The van der Waals surface area contributed by atoms with E-state index in [1.807, 2.05) is 0 Å². The molecule has 4 nitrogen and oxygen atoms in total. The number of hydrogen-bond donors (Lipinski definition) is 3. The van der Waals surface area contributed by atoms with Gasteiger partial charge in [-0.3, -0.25) is 4.57 Å². The second-order valence-corrected chi connectivity index (χ2v) is 5.66. The number of para-hydroxylation sites is 1. The van der Waals surface area contributed by atoms with Crippen molar-refractivity contribution in [1.29, 1.82) is 0 Å². The molecule has 2 rings (SSSR count). The standard InChI is InChI=1S/C13H13O4P/c14-12-9-5-4-8-11(12)13(18(15,16)17)10-6-2-1-3-7-10/h1-9,13-14H,(H2,15,16,17). The third-order valence-corrected chi connectivity index (χ3v) is 3.93. The lowest BCUT2D eigenvalue weighted by Gasteiger charge is -2.20. The molecular formula is C13H13O4P. The fraction of sp³-hybridized carbons (Fsp3) is 0.0769. The summed E-state index contributed by atoms with van der Waals surface area (Å²) >= 11 is 0. The molecule has 0 aliphatic carbocycles. The smallest absolute Gasteiger partial charge is 0.337 e. The van der Waals surface area contributed by atoms with Crippen LogP contribution in [0.25, 0.3) is 0 Å². The molecule has 2 aromatic carbocycles. The van der Waals surface area contributed by atoms with Crippen LogP contribution in [0.15, 0.2) is 54.6 Å². The molecule has 18 heavy (non-hydrogen) atoms. The minimum absolute atomic E-state index is 0.116. The van der Waals surface area contributed by atoms with Gasteiger partial charge in [0, 0.05) is 5.56 Å². The molecule has 0 radical (unpaired) electrons. The first-order chi connectivity index (χ1) is 8.50. The molecule has 1 atom stereocenters. The Hall–Kier alpha value is -1.61. The summed E-state index contributed by atoms with van der Waals surface area (Å²) in [7, 11) is -4.41. The Morgan fingerprint density at radius 1 is 0.889 bits per heavy atom. The van der Waals surface area contributed by atoms with Crippen LogP contribution in [0, 0.1) is 0 Å². The van der Waals surface area contributed by atoms with Crippen LogP contribution in [0.5, 0.6) is 5.75 Å². The number of phenolic OH excluding ortho intramolecular Hbond substituents is 1. The quantitative estimate of drug-likeness (QED) is 0.745. The molecular weight excluding hydrogens is 251 g/mol. The molecule has 5 heteroatoms. The fourth-order valence-electron chi connectivity index (χ4n) is 1.91. The minimum Gasteiger partial charge on any atom is -0.508 e. The third-order valence-electron chi connectivity index (χ3n) is 2.68. The van der Waals surface area contributed by atoms with Crippen molar-refractivity contribution in [3.05, 3.63) is 65.7 Å². The molecule has 0 aliphatic heterocycles. The van der Waals surface area contributed by atoms with Crippen LogP contribution in [-0.2, 0) is 4.57 Å². The fourth-order valence-corrected chi connectivity index (χ4v) is 3.05. The Labute approximate surface area is 105 Å². The van der Waals surface area contributed by atoms with Crippen molar-refractivity contribution in [3.63, 3.8) is 0 Å². The number of hydrogen-bond acceptors (Lipinski definition) is 2. The molecule has 0 saturated heterocycles. The van der Waals surface area contributed by atoms with Crippen molar-refractivity contribution in [1.82, 2.24) is 0 Å². The van der Waals surface area contributed by atoms with Crippen molar-refractivity contribution in [2.24, 2.45) is 0 Å². The molecule has 94 valence electrons. The first-order valence-electron chi connectivity index (χ1n) is 5.38. The molecule has 0 heterocycles. The number of benzene rings is 2. The lowest BCUT2D eigenvalue weighted by Crippen LogP contribution is -2.02. The molecule has 1 unspecified atom stereocenters. The van der Waals surface area contributed by atoms with Gasteiger partial charge in [-0.15, -0.1) is 0 Å². The Balaban J connectivity index is 2.59. The third kappa shape index (κ3) is 2.62. The molecule has 0 amide bonds. The summed E-state index contributed by atoms with van der Waals surface area (Å²) in [5.41, 5.74) is -0.427. The van der Waals surface area contributed by atoms with Crippen LogP contribution in [0.3, 0.4) is 0 Å². The second-order valence-electron chi connectivity index (χ2n) is 3.96. The van der Waals surface area contributed by atoms with E-state index in [1.54, 1.807) is 42.5 Å². The van der Waals surface area contributed by atoms with Crippen LogP contribution in [0.4, 0.5) is 0 Å². The van der Waals surface area contributed by atoms with Gasteiger partial charge in [-0.2, -0.15) is 0 Å². The van der Waals surface area contributed by atoms with Gasteiger partial charge in [0.1, 0.15) is 11.4 Å². The monoisotopic (exact) mass is 264 g/mol. The number of aromatic hydroxyl groups is 1. The van der Waals surface area contributed by atoms with Gasteiger partial charge in [-0.05, 0) is 11.6 Å². The lowest BCUT2D eigenvalue weighted by atomic mass is 10.0. The van der Waals surface area contributed by atoms with E-state index >= 15 is 0 Å². The molecule has 0 aromatic heterocycles. The molecule has 2 aromatic rings. The Kier molecular flexibility index (Phi) is 3.53. The Bertz CT molecular complexity index is 577. The largest absolute Gasteiger partial charge is 0.508 e. The van der Waals surface area contributed by atoms with E-state index in [4.69, 9.17) is 0 Å². The number of phenols is 1. The van der Waals surface area contributed by atoms with Crippen molar-refractivity contribution in [2.45, 2.75) is 5.66 Å². The maximum Gasteiger partial charge on any atom is 0.337 e. The molecule has 0 bridgehead atoms. The van der Waals surface area contributed by atoms with Gasteiger partial charge in [0.25, 0.3) is 0 Å². The van der Waals surface area contributed by atoms with Crippen molar-refractivity contribution < 1.29 is 19.5 Å². The average Bonchev–Trinajstić information content (AvgIpc) is 2.32. The molecule has 0 fully saturated rings. The average molecular weight is 264 g/mol. The first kappa shape index (κ1) is 12.8. The van der Waals surface area contributed by atoms with E-state index in [2.05, 4.69) is 0 Å². The van der Waals surface area contributed by atoms with Gasteiger partial charge in [0.05, 0.1) is 0 Å². The van der Waals surface area contributed by atoms with E-state index in [-0.39, 0.29) is 11.3 Å². The summed E-state index contributed by atoms with van der Waals surface area (Å²) in [6, 6.07) is 14.6. The normalized spacial score (nSPS) is 13.2. The highest BCUT2D eigenvalue weighted by Crippen LogP contribution is 2.56. The minimum atomic E-state index is -4.41. The highest BCUT2D eigenvalue weighted by molar-refractivity contribution is 7.52. The van der Waals surface area contributed by atoms with Crippen LogP contribution in [0.1, 0.15) is 16.8 Å². The van der Waals surface area contributed by atoms with Gasteiger partial charge in [-0.1, -0.05) is 48.5 Å². The SMILES string of the molecule is O=P(O)(O)C(c1ccccc1)c1ccccc1O. The van der Waals surface area contributed by atoms with Crippen molar-refractivity contribution in [2.75, 3.05) is 0 Å². The predicted octanol–water partition coefficient (Wildman–Crippen LogP) is 2.66. The van der Waals surface area contributed by atoms with E-state index < -0.39 is 13.3 Å². The van der Waals surface area contributed by atoms with Crippen molar-refractivity contribution >= 4 is 7.60 Å². The predicted molar refractivity (Wildman–Crippen MR) is 68.4 cm³/mol. The maximum absolute atomic E-state index is 11.7. The summed E-state index contributed by atoms with van der Waals surface area (Å²) in [4.78, 5) is 19.0. The van der Waals surface area contributed by atoms with Crippen LogP contribution in [-0.4, -0.2) is 14.9 Å². The summed E-state index contributed by atoms with van der Waals surface area (Å²) in [6.45, 7) is 0. The first-order valence-corrected chi connectivity index (χ1v) is 7.06. The molecule has 0 saturated carbocycles. The van der Waals surface area contributed by atoms with Gasteiger partial charge in [0.2, 0.25) is 0 Å². The summed E-state index contributed by atoms with van der Waals surface area (Å²) in [5.74, 6) is -0.116. The zero-order valence-corrected chi connectivity index (χ0v) is 10.4. The summed E-state index contributed by atoms with van der Waals surface area (Å²) < 4.78 is 11.7. The van der Waals surface area contributed by atoms with Crippen LogP contribution in [0.2, 0.25) is 0 Å². The van der Waals surface area contributed by atoms with Crippen LogP contribution >= 0.6 is 7.60 Å². The molecule has 0 aliphatic rings. The second kappa shape index (κ2) is 4.94.